The highest BCUT2D eigenvalue weighted by Gasteiger charge is 2.48. The third-order valence-electron chi connectivity index (χ3n) is 5.93. The lowest BCUT2D eigenvalue weighted by molar-refractivity contribution is -0.197. The van der Waals surface area contributed by atoms with Crippen molar-refractivity contribution in [1.29, 1.82) is 0 Å². The van der Waals surface area contributed by atoms with E-state index in [1.807, 2.05) is 0 Å². The van der Waals surface area contributed by atoms with Gasteiger partial charge in [-0.15, -0.1) is 5.06 Å². The van der Waals surface area contributed by atoms with E-state index >= 15 is 0 Å². The molecule has 0 saturated carbocycles. The second kappa shape index (κ2) is 15.6. The molecule has 3 rings (SSSR count). The maximum absolute atomic E-state index is 12.4. The number of esters is 1. The lowest BCUT2D eigenvalue weighted by Crippen LogP contribution is -2.36. The number of aryl methyl sites for hydroxylation is 1. The van der Waals surface area contributed by atoms with E-state index in [4.69, 9.17) is 19.2 Å². The van der Waals surface area contributed by atoms with Crippen molar-refractivity contribution in [3.63, 3.8) is 0 Å². The number of amides is 3. The molecule has 1 unspecified atom stereocenters. The van der Waals surface area contributed by atoms with Gasteiger partial charge in [-0.05, 0) is 24.1 Å². The molecule has 1 aliphatic heterocycles. The summed E-state index contributed by atoms with van der Waals surface area (Å²) in [5.74, 6) is -3.87. The van der Waals surface area contributed by atoms with Gasteiger partial charge in [-0.2, -0.15) is 8.42 Å². The average molecular weight is 672 g/mol. The number of fused-ring (bicyclic) bond motifs is 1. The minimum absolute atomic E-state index is 0.00900. The molecular formula is C24H25N5O12S3. The van der Waals surface area contributed by atoms with Crippen LogP contribution < -0.4 is 10.9 Å². The van der Waals surface area contributed by atoms with Crippen LogP contribution in [0.2, 0.25) is 0 Å². The summed E-state index contributed by atoms with van der Waals surface area (Å²) in [6.07, 6.45) is -1.28. The zero-order chi connectivity index (χ0) is 32.4. The van der Waals surface area contributed by atoms with E-state index in [2.05, 4.69) is 20.2 Å². The zero-order valence-corrected chi connectivity index (χ0v) is 25.4. The molecule has 0 bridgehead atoms. The quantitative estimate of drug-likeness (QED) is 0.0316. The first kappa shape index (κ1) is 34.4. The highest BCUT2D eigenvalue weighted by molar-refractivity contribution is 8.76. The van der Waals surface area contributed by atoms with Crippen LogP contribution in [0.3, 0.4) is 0 Å². The maximum atomic E-state index is 12.4. The summed E-state index contributed by atoms with van der Waals surface area (Å²) in [7, 11) is -2.37. The summed E-state index contributed by atoms with van der Waals surface area (Å²) >= 11 is 0. The number of hydroxylamine groups is 2. The lowest BCUT2D eigenvalue weighted by Gasteiger charge is -2.13. The predicted octanol–water partition coefficient (Wildman–Crippen LogP) is 1.88. The molecule has 44 heavy (non-hydrogen) atoms. The van der Waals surface area contributed by atoms with E-state index in [0.717, 1.165) is 0 Å². The Labute approximate surface area is 256 Å². The van der Waals surface area contributed by atoms with Crippen LogP contribution in [-0.4, -0.2) is 77.6 Å². The largest absolute Gasteiger partial charge is 0.464 e. The summed E-state index contributed by atoms with van der Waals surface area (Å²) in [6, 6.07) is 4.60. The number of hydrogen-bond donors (Lipinski definition) is 2. The monoisotopic (exact) mass is 671 g/mol. The molecule has 2 N–H and O–H groups in total. The van der Waals surface area contributed by atoms with Gasteiger partial charge in [-0.3, -0.25) is 23.7 Å². The number of benzene rings is 1. The number of imide groups is 1. The van der Waals surface area contributed by atoms with Crippen LogP contribution in [0.4, 0.5) is 5.69 Å². The number of nitrogens with one attached hydrogen (secondary N) is 1. The molecule has 1 aliphatic rings. The van der Waals surface area contributed by atoms with Gasteiger partial charge in [0.1, 0.15) is 12.2 Å². The normalized spacial score (nSPS) is 14.8. The number of hydrogen-bond acceptors (Lipinski definition) is 14. The van der Waals surface area contributed by atoms with Crippen LogP contribution in [0.5, 0.6) is 0 Å². The van der Waals surface area contributed by atoms with Crippen LogP contribution >= 0.6 is 21.6 Å². The van der Waals surface area contributed by atoms with Gasteiger partial charge >= 0.3 is 17.6 Å². The van der Waals surface area contributed by atoms with Gasteiger partial charge in [-0.1, -0.05) is 38.8 Å². The second-order valence-corrected chi connectivity index (χ2v) is 13.3. The first-order valence-corrected chi connectivity index (χ1v) is 16.6. The Morgan fingerprint density at radius 3 is 2.50 bits per heavy atom. The summed E-state index contributed by atoms with van der Waals surface area (Å²) < 4.78 is 41.5. The number of rotatable bonds is 15. The highest BCUT2D eigenvalue weighted by atomic mass is 33.1. The molecular weight excluding hydrogens is 646 g/mol. The van der Waals surface area contributed by atoms with E-state index in [9.17, 15) is 37.2 Å². The number of azide groups is 1. The molecule has 0 spiro atoms. The molecule has 2 heterocycles. The van der Waals surface area contributed by atoms with E-state index in [0.29, 0.717) is 16.7 Å². The summed E-state index contributed by atoms with van der Waals surface area (Å²) in [6.45, 7) is 1.57. The van der Waals surface area contributed by atoms with Gasteiger partial charge < -0.3 is 19.3 Å². The number of carbonyl (C=O) groups excluding carboxylic acids is 5. The van der Waals surface area contributed by atoms with Gasteiger partial charge in [0, 0.05) is 27.5 Å². The SMILES string of the molecule is Cc1c(CC(=O)NCCOC(=O)CCSSCCC(=O)ON2C(=O)CC(S(=O)(=O)O)C2=O)c(=O)oc2cc(N=[N+]=[N-])ccc12. The van der Waals surface area contributed by atoms with Gasteiger partial charge in [-0.25, -0.2) is 9.59 Å². The van der Waals surface area contributed by atoms with Crippen molar-refractivity contribution in [2.75, 3.05) is 24.7 Å². The molecule has 1 aromatic carbocycles. The number of ether oxygens (including phenoxy) is 1. The summed E-state index contributed by atoms with van der Waals surface area (Å²) in [4.78, 5) is 79.4. The van der Waals surface area contributed by atoms with Crippen molar-refractivity contribution in [3.05, 3.63) is 50.2 Å². The second-order valence-electron chi connectivity index (χ2n) is 8.95. The Morgan fingerprint density at radius 2 is 1.86 bits per heavy atom. The summed E-state index contributed by atoms with van der Waals surface area (Å²) in [5.41, 5.74) is 9.06. The molecule has 1 aromatic heterocycles. The van der Waals surface area contributed by atoms with Crippen molar-refractivity contribution in [3.8, 4) is 0 Å². The Bertz CT molecular complexity index is 1690. The molecule has 17 nitrogen and oxygen atoms in total. The van der Waals surface area contributed by atoms with Crippen molar-refractivity contribution in [2.24, 2.45) is 5.11 Å². The average Bonchev–Trinajstić information content (AvgIpc) is 3.24. The molecule has 0 aliphatic carbocycles. The van der Waals surface area contributed by atoms with Gasteiger partial charge in [0.15, 0.2) is 5.25 Å². The highest BCUT2D eigenvalue weighted by Crippen LogP contribution is 2.26. The maximum Gasteiger partial charge on any atom is 0.340 e. The summed E-state index contributed by atoms with van der Waals surface area (Å²) in [5, 5.41) is 4.63. The molecule has 3 amide bonds. The first-order valence-electron chi connectivity index (χ1n) is 12.6. The fourth-order valence-corrected chi connectivity index (χ4v) is 6.42. The van der Waals surface area contributed by atoms with E-state index in [1.165, 1.54) is 27.7 Å². The first-order chi connectivity index (χ1) is 20.8. The molecule has 1 saturated heterocycles. The van der Waals surface area contributed by atoms with E-state index in [1.54, 1.807) is 19.1 Å². The van der Waals surface area contributed by atoms with E-state index < -0.39 is 57.1 Å². The molecule has 236 valence electrons. The standard InChI is InChI=1S/C24H25N5O12S3/c1-13-15-3-2-14(27-28-25)10-17(15)40-24(35)16(13)11-19(30)26-6-7-39-21(32)4-8-42-43-9-5-22(33)41-29-20(31)12-18(23(29)34)44(36,37)38/h2-3,10,18H,4-9,11-12H2,1H3,(H,26,30)(H,36,37,38). The van der Waals surface area contributed by atoms with E-state index in [-0.39, 0.29) is 60.1 Å². The lowest BCUT2D eigenvalue weighted by atomic mass is 10.0. The Hall–Kier alpha value is -4.10. The molecule has 1 fully saturated rings. The third-order valence-corrected chi connectivity index (χ3v) is 9.43. The third kappa shape index (κ3) is 9.45. The van der Waals surface area contributed by atoms with Gasteiger partial charge in [0.05, 0.1) is 37.8 Å². The Morgan fingerprint density at radius 1 is 1.18 bits per heavy atom. The molecule has 1 atom stereocenters. The molecule has 20 heteroatoms. The Kier molecular flexibility index (Phi) is 12.2. The number of nitrogens with zero attached hydrogens (tertiary/aromatic N) is 4. The number of carbonyl (C=O) groups is 5. The Balaban J connectivity index is 1.28. The van der Waals surface area contributed by atoms with Crippen LogP contribution in [-0.2, 0) is 50.1 Å². The molecule has 2 aromatic rings. The van der Waals surface area contributed by atoms with Crippen LogP contribution in [0, 0.1) is 6.92 Å². The van der Waals surface area contributed by atoms with Crippen molar-refractivity contribution < 1.29 is 50.9 Å². The smallest absolute Gasteiger partial charge is 0.340 e. The zero-order valence-electron chi connectivity index (χ0n) is 22.9. The van der Waals surface area contributed by atoms with Crippen LogP contribution in [0.1, 0.15) is 30.4 Å². The van der Waals surface area contributed by atoms with Crippen molar-refractivity contribution in [2.45, 2.75) is 37.9 Å². The van der Waals surface area contributed by atoms with Gasteiger partial charge in [0.25, 0.3) is 21.9 Å². The topological polar surface area (TPSA) is 252 Å². The predicted molar refractivity (Wildman–Crippen MR) is 156 cm³/mol. The minimum Gasteiger partial charge on any atom is -0.464 e. The van der Waals surface area contributed by atoms with Crippen molar-refractivity contribution >= 4 is 78.0 Å². The fourth-order valence-electron chi connectivity index (χ4n) is 3.78. The fraction of sp³-hybridized carbons (Fsp3) is 0.417. The molecule has 0 radical (unpaired) electrons. The minimum atomic E-state index is -4.81. The van der Waals surface area contributed by atoms with Gasteiger partial charge in [0.2, 0.25) is 5.91 Å². The van der Waals surface area contributed by atoms with Crippen LogP contribution in [0.25, 0.3) is 21.4 Å². The van der Waals surface area contributed by atoms with Crippen LogP contribution in [0.15, 0.2) is 32.5 Å². The van der Waals surface area contributed by atoms with Crippen molar-refractivity contribution in [1.82, 2.24) is 10.4 Å².